The number of amides is 2. The number of aryl methyl sites for hydroxylation is 1. The van der Waals surface area contributed by atoms with Gasteiger partial charge in [0.2, 0.25) is 5.91 Å². The van der Waals surface area contributed by atoms with Crippen LogP contribution in [0.1, 0.15) is 62.0 Å². The van der Waals surface area contributed by atoms with Gasteiger partial charge in [0.1, 0.15) is 11.8 Å². The lowest BCUT2D eigenvalue weighted by atomic mass is 9.97. The fourth-order valence-electron chi connectivity index (χ4n) is 3.23. The number of rotatable bonds is 8. The van der Waals surface area contributed by atoms with Crippen LogP contribution in [-0.2, 0) is 4.79 Å². The predicted molar refractivity (Wildman–Crippen MR) is 118 cm³/mol. The molecule has 0 fully saturated rings. The van der Waals surface area contributed by atoms with Crippen molar-refractivity contribution in [1.29, 1.82) is 0 Å². The van der Waals surface area contributed by atoms with Crippen LogP contribution in [0.25, 0.3) is 0 Å². The highest BCUT2D eigenvalue weighted by Crippen LogP contribution is 2.28. The van der Waals surface area contributed by atoms with Crippen molar-refractivity contribution in [1.82, 2.24) is 5.32 Å². The molecule has 0 spiro atoms. The van der Waals surface area contributed by atoms with E-state index in [9.17, 15) is 9.59 Å². The molecule has 0 aliphatic rings. The van der Waals surface area contributed by atoms with Crippen LogP contribution in [0.4, 0.5) is 5.69 Å². The molecule has 2 amide bonds. The van der Waals surface area contributed by atoms with E-state index in [4.69, 9.17) is 4.74 Å². The quantitative estimate of drug-likeness (QED) is 0.666. The number of hydrogen-bond donors (Lipinski definition) is 2. The summed E-state index contributed by atoms with van der Waals surface area (Å²) in [6, 6.07) is 12.4. The average Bonchev–Trinajstić information content (AvgIpc) is 2.67. The molecule has 2 rings (SSSR count). The molecule has 0 aliphatic heterocycles. The molecular weight excluding hydrogens is 364 g/mol. The maximum Gasteiger partial charge on any atom is 0.255 e. The van der Waals surface area contributed by atoms with Crippen LogP contribution < -0.4 is 15.4 Å². The van der Waals surface area contributed by atoms with Gasteiger partial charge in [-0.25, -0.2) is 0 Å². The standard InChI is InChI=1S/C24H32N2O3/c1-7-29-20-14-9-8-12-19(20)23(27)25-21(16(4)5)24(28)26-22-17(6)11-10-13-18(22)15(2)3/h8-16,21H,7H2,1-6H3,(H,25,27)(H,26,28)/t21-/m0/s1. The van der Waals surface area contributed by atoms with Crippen molar-refractivity contribution < 1.29 is 14.3 Å². The highest BCUT2D eigenvalue weighted by molar-refractivity contribution is 6.03. The van der Waals surface area contributed by atoms with Gasteiger partial charge in [-0.15, -0.1) is 0 Å². The molecule has 2 N–H and O–H groups in total. The molecule has 0 bridgehead atoms. The first kappa shape index (κ1) is 22.5. The molecule has 0 heterocycles. The van der Waals surface area contributed by atoms with Crippen molar-refractivity contribution in [2.75, 3.05) is 11.9 Å². The minimum atomic E-state index is -0.670. The number of anilines is 1. The Morgan fingerprint density at radius 1 is 1.00 bits per heavy atom. The van der Waals surface area contributed by atoms with Gasteiger partial charge < -0.3 is 15.4 Å². The summed E-state index contributed by atoms with van der Waals surface area (Å²) in [6.45, 7) is 12.3. The van der Waals surface area contributed by atoms with Crippen molar-refractivity contribution >= 4 is 17.5 Å². The molecule has 2 aromatic rings. The second-order valence-corrected chi connectivity index (χ2v) is 7.81. The van der Waals surface area contributed by atoms with Crippen LogP contribution >= 0.6 is 0 Å². The minimum absolute atomic E-state index is 0.0790. The Labute approximate surface area is 173 Å². The highest BCUT2D eigenvalue weighted by atomic mass is 16.5. The summed E-state index contributed by atoms with van der Waals surface area (Å²) in [5.74, 6) is 0.159. The van der Waals surface area contributed by atoms with E-state index in [1.165, 1.54) is 0 Å². The maximum atomic E-state index is 13.1. The molecule has 5 heteroatoms. The summed E-state index contributed by atoms with van der Waals surface area (Å²) in [6.07, 6.45) is 0. The van der Waals surface area contributed by atoms with Gasteiger partial charge >= 0.3 is 0 Å². The Morgan fingerprint density at radius 3 is 2.31 bits per heavy atom. The molecule has 0 saturated heterocycles. The van der Waals surface area contributed by atoms with Gasteiger partial charge in [-0.3, -0.25) is 9.59 Å². The van der Waals surface area contributed by atoms with E-state index in [0.29, 0.717) is 17.9 Å². The topological polar surface area (TPSA) is 67.4 Å². The highest BCUT2D eigenvalue weighted by Gasteiger charge is 2.27. The first-order valence-electron chi connectivity index (χ1n) is 10.2. The molecule has 156 valence electrons. The molecule has 5 nitrogen and oxygen atoms in total. The lowest BCUT2D eigenvalue weighted by Crippen LogP contribution is -2.47. The van der Waals surface area contributed by atoms with E-state index in [1.54, 1.807) is 18.2 Å². The van der Waals surface area contributed by atoms with Gasteiger partial charge in [0, 0.05) is 5.69 Å². The molecule has 0 aromatic heterocycles. The summed E-state index contributed by atoms with van der Waals surface area (Å²) >= 11 is 0. The lowest BCUT2D eigenvalue weighted by Gasteiger charge is -2.24. The van der Waals surface area contributed by atoms with E-state index in [-0.39, 0.29) is 23.7 Å². The molecule has 0 aliphatic carbocycles. The second kappa shape index (κ2) is 10.1. The largest absolute Gasteiger partial charge is 0.493 e. The van der Waals surface area contributed by atoms with Gasteiger partial charge in [-0.1, -0.05) is 58.0 Å². The number of benzene rings is 2. The fourth-order valence-corrected chi connectivity index (χ4v) is 3.23. The van der Waals surface area contributed by atoms with Crippen LogP contribution in [0.15, 0.2) is 42.5 Å². The van der Waals surface area contributed by atoms with E-state index < -0.39 is 6.04 Å². The molecule has 0 unspecified atom stereocenters. The van der Waals surface area contributed by atoms with E-state index in [2.05, 4.69) is 24.5 Å². The fraction of sp³-hybridized carbons (Fsp3) is 0.417. The van der Waals surface area contributed by atoms with Crippen LogP contribution in [0.2, 0.25) is 0 Å². The molecule has 0 radical (unpaired) electrons. The van der Waals surface area contributed by atoms with E-state index in [0.717, 1.165) is 16.8 Å². The van der Waals surface area contributed by atoms with Crippen molar-refractivity contribution in [2.45, 2.75) is 53.5 Å². The summed E-state index contributed by atoms with van der Waals surface area (Å²) in [7, 11) is 0. The van der Waals surface area contributed by atoms with Crippen molar-refractivity contribution in [3.05, 3.63) is 59.2 Å². The third-order valence-corrected chi connectivity index (χ3v) is 4.84. The Kier molecular flexibility index (Phi) is 7.82. The summed E-state index contributed by atoms with van der Waals surface area (Å²) in [5, 5.41) is 5.94. The third kappa shape index (κ3) is 5.59. The molecule has 29 heavy (non-hydrogen) atoms. The maximum absolute atomic E-state index is 13.1. The first-order valence-corrected chi connectivity index (χ1v) is 10.2. The summed E-state index contributed by atoms with van der Waals surface area (Å²) < 4.78 is 5.55. The summed E-state index contributed by atoms with van der Waals surface area (Å²) in [5.41, 5.74) is 3.32. The smallest absolute Gasteiger partial charge is 0.255 e. The Hall–Kier alpha value is -2.82. The molecule has 0 saturated carbocycles. The Bertz CT molecular complexity index is 859. The van der Waals surface area contributed by atoms with E-state index >= 15 is 0 Å². The monoisotopic (exact) mass is 396 g/mol. The summed E-state index contributed by atoms with van der Waals surface area (Å²) in [4.78, 5) is 26.0. The van der Waals surface area contributed by atoms with Crippen LogP contribution in [0.3, 0.4) is 0 Å². The average molecular weight is 397 g/mol. The van der Waals surface area contributed by atoms with Crippen molar-refractivity contribution in [3.63, 3.8) is 0 Å². The number of ether oxygens (including phenoxy) is 1. The SMILES string of the molecule is CCOc1ccccc1C(=O)N[C@H](C(=O)Nc1c(C)cccc1C(C)C)C(C)C. The number of hydrogen-bond acceptors (Lipinski definition) is 3. The third-order valence-electron chi connectivity index (χ3n) is 4.84. The van der Waals surface area contributed by atoms with Gasteiger partial charge in [0.15, 0.2) is 0 Å². The predicted octanol–water partition coefficient (Wildman–Crippen LogP) is 4.91. The van der Waals surface area contributed by atoms with Gasteiger partial charge in [0.05, 0.1) is 12.2 Å². The van der Waals surface area contributed by atoms with Gasteiger partial charge in [-0.2, -0.15) is 0 Å². The van der Waals surface area contributed by atoms with Crippen LogP contribution in [0, 0.1) is 12.8 Å². The molecule has 2 aromatic carbocycles. The first-order chi connectivity index (χ1) is 13.8. The minimum Gasteiger partial charge on any atom is -0.493 e. The zero-order valence-corrected chi connectivity index (χ0v) is 18.2. The van der Waals surface area contributed by atoms with Crippen LogP contribution in [-0.4, -0.2) is 24.5 Å². The lowest BCUT2D eigenvalue weighted by molar-refractivity contribution is -0.118. The van der Waals surface area contributed by atoms with Gasteiger partial charge in [0.25, 0.3) is 5.91 Å². The number of para-hydroxylation sites is 2. The van der Waals surface area contributed by atoms with Crippen LogP contribution in [0.5, 0.6) is 5.75 Å². The number of carbonyl (C=O) groups is 2. The zero-order valence-electron chi connectivity index (χ0n) is 18.2. The van der Waals surface area contributed by atoms with E-state index in [1.807, 2.05) is 52.0 Å². The van der Waals surface area contributed by atoms with Crippen molar-refractivity contribution in [2.24, 2.45) is 5.92 Å². The second-order valence-electron chi connectivity index (χ2n) is 7.81. The number of carbonyl (C=O) groups excluding carboxylic acids is 2. The normalized spacial score (nSPS) is 12.0. The van der Waals surface area contributed by atoms with Crippen molar-refractivity contribution in [3.8, 4) is 5.75 Å². The molecular formula is C24H32N2O3. The molecule has 1 atom stereocenters. The van der Waals surface area contributed by atoms with Gasteiger partial charge in [-0.05, 0) is 48.9 Å². The Morgan fingerprint density at radius 2 is 1.69 bits per heavy atom. The zero-order chi connectivity index (χ0) is 21.6. The number of nitrogens with one attached hydrogen (secondary N) is 2. The Balaban J connectivity index is 2.25.